The second-order valence-electron chi connectivity index (χ2n) is 20.2. The van der Waals surface area contributed by atoms with E-state index in [4.69, 9.17) is 20.4 Å². The summed E-state index contributed by atoms with van der Waals surface area (Å²) in [4.78, 5) is 14.0. The van der Waals surface area contributed by atoms with Crippen LogP contribution in [0.1, 0.15) is 287 Å². The van der Waals surface area contributed by atoms with Crippen LogP contribution in [0.2, 0.25) is 0 Å². The number of carbonyl (C=O) groups is 1. The molecule has 0 aromatic heterocycles. The summed E-state index contributed by atoms with van der Waals surface area (Å²) in [7, 11) is 0. The largest absolute Gasteiger partial charge is 0.480 e. The van der Waals surface area contributed by atoms with Crippen molar-refractivity contribution in [1.82, 2.24) is 0 Å². The molecule has 4 unspecified atom stereocenters. The zero-order valence-corrected chi connectivity index (χ0v) is 48.2. The fourth-order valence-corrected chi connectivity index (χ4v) is 16.5. The first kappa shape index (κ1) is 68.8. The molecule has 398 valence electrons. The Morgan fingerprint density at radius 3 is 0.773 bits per heavy atom. The molecule has 66 heavy (non-hydrogen) atoms. The van der Waals surface area contributed by atoms with E-state index < -0.39 is 41.9 Å². The van der Waals surface area contributed by atoms with E-state index in [0.29, 0.717) is 21.0 Å². The molecule has 0 aromatic carbocycles. The van der Waals surface area contributed by atoms with Gasteiger partial charge in [0.15, 0.2) is 4.08 Å². The van der Waals surface area contributed by atoms with Gasteiger partial charge < -0.3 is 25.5 Å². The number of unbranched alkanes of at least 4 members (excludes halogenated alkanes) is 28. The van der Waals surface area contributed by atoms with E-state index in [1.807, 2.05) is 47.0 Å². The molecule has 0 radical (unpaired) electrons. The Morgan fingerprint density at radius 1 is 0.364 bits per heavy atom. The second-order valence-corrected chi connectivity index (χ2v) is 27.3. The lowest BCUT2D eigenvalue weighted by atomic mass is 9.93. The Hall–Kier alpha value is 0.710. The van der Waals surface area contributed by atoms with Gasteiger partial charge in [-0.05, 0) is 25.7 Å². The molecule has 0 spiro atoms. The molecule has 0 aliphatic rings. The van der Waals surface area contributed by atoms with Gasteiger partial charge in [-0.2, -0.15) is 0 Å². The molecule has 5 N–H and O–H groups in total. The van der Waals surface area contributed by atoms with E-state index >= 15 is 0 Å². The Bertz CT molecular complexity index is 930. The third-order valence-electron chi connectivity index (χ3n) is 13.3. The quantitative estimate of drug-likeness (QED) is 0.0298. The van der Waals surface area contributed by atoms with E-state index in [1.165, 1.54) is 218 Å². The SMILES string of the molecule is CCCCCCCCCCC(C)SC(SC(C)CCCCCCCCCC)C(SC(C)CCCCCCCCCC)(SC(C)CCCCCCCCCC)C(=O)O.OCC(CO)(CO)CO. The normalized spacial score (nSPS) is 15.2. The molecule has 0 amide bonds. The number of carboxylic acids is 1. The van der Waals surface area contributed by atoms with Gasteiger partial charge >= 0.3 is 5.97 Å². The van der Waals surface area contributed by atoms with Crippen LogP contribution in [0.5, 0.6) is 0 Å². The number of rotatable bonds is 50. The average Bonchev–Trinajstić information content (AvgIpc) is 3.30. The van der Waals surface area contributed by atoms with Crippen LogP contribution in [0, 0.1) is 5.41 Å². The maximum atomic E-state index is 14.0. The van der Waals surface area contributed by atoms with Crippen molar-refractivity contribution >= 4 is 53.0 Å². The zero-order chi connectivity index (χ0) is 49.6. The van der Waals surface area contributed by atoms with Crippen molar-refractivity contribution in [3.05, 3.63) is 0 Å². The molecule has 0 fully saturated rings. The van der Waals surface area contributed by atoms with Crippen LogP contribution in [-0.4, -0.2) is 87.6 Å². The first-order valence-corrected chi connectivity index (χ1v) is 31.9. The van der Waals surface area contributed by atoms with Gasteiger partial charge in [0.05, 0.1) is 36.4 Å². The average molecular weight is 1010 g/mol. The summed E-state index contributed by atoms with van der Waals surface area (Å²) in [6.07, 6.45) is 47.5. The summed E-state index contributed by atoms with van der Waals surface area (Å²) in [6, 6.07) is 0. The summed E-state index contributed by atoms with van der Waals surface area (Å²) in [5, 5.41) is 47.2. The molecule has 0 bridgehead atoms. The highest BCUT2D eigenvalue weighted by molar-refractivity contribution is 8.25. The number of hydrogen-bond donors (Lipinski definition) is 5. The summed E-state index contributed by atoms with van der Waals surface area (Å²) in [5.74, 6) is -0.563. The molecule has 4 atom stereocenters. The number of aliphatic carboxylic acids is 1. The monoisotopic (exact) mass is 1010 g/mol. The van der Waals surface area contributed by atoms with Crippen LogP contribution in [0.15, 0.2) is 0 Å². The van der Waals surface area contributed by atoms with Gasteiger partial charge in [0, 0.05) is 21.0 Å². The molecule has 0 saturated heterocycles. The van der Waals surface area contributed by atoms with Gasteiger partial charge in [0.1, 0.15) is 0 Å². The van der Waals surface area contributed by atoms with Gasteiger partial charge in [-0.3, -0.25) is 0 Å². The fraction of sp³-hybridized carbons (Fsp3) is 0.982. The summed E-state index contributed by atoms with van der Waals surface area (Å²) < 4.78 is -0.796. The molecular weight excluding hydrogens is 897 g/mol. The number of hydrogen-bond acceptors (Lipinski definition) is 9. The first-order valence-electron chi connectivity index (χ1n) is 28.2. The van der Waals surface area contributed by atoms with Crippen molar-refractivity contribution in [2.75, 3.05) is 26.4 Å². The summed E-state index contributed by atoms with van der Waals surface area (Å²) >= 11 is 7.80. The number of thioether (sulfide) groups is 4. The van der Waals surface area contributed by atoms with Crippen molar-refractivity contribution in [3.63, 3.8) is 0 Å². The minimum atomic E-state index is -1.11. The Balaban J connectivity index is 0. The van der Waals surface area contributed by atoms with E-state index in [0.717, 1.165) is 12.8 Å². The lowest BCUT2D eigenvalue weighted by Crippen LogP contribution is -2.44. The van der Waals surface area contributed by atoms with E-state index in [9.17, 15) is 9.90 Å². The van der Waals surface area contributed by atoms with E-state index in [-0.39, 0.29) is 4.58 Å². The van der Waals surface area contributed by atoms with E-state index in [1.54, 1.807) is 0 Å². The van der Waals surface area contributed by atoms with Gasteiger partial charge in [-0.25, -0.2) is 4.79 Å². The topological polar surface area (TPSA) is 118 Å². The number of carboxylic acid groups (broad SMARTS) is 1. The molecule has 0 aromatic rings. The molecule has 6 nitrogen and oxygen atoms in total. The third-order valence-corrected chi connectivity index (χ3v) is 20.5. The van der Waals surface area contributed by atoms with Gasteiger partial charge in [0.25, 0.3) is 0 Å². The minimum absolute atomic E-state index is 0.0418. The highest BCUT2D eigenvalue weighted by Crippen LogP contribution is 2.56. The Morgan fingerprint density at radius 2 is 0.576 bits per heavy atom. The van der Waals surface area contributed by atoms with Crippen LogP contribution >= 0.6 is 47.0 Å². The molecule has 0 rings (SSSR count). The van der Waals surface area contributed by atoms with Crippen molar-refractivity contribution in [2.45, 2.75) is 316 Å². The van der Waals surface area contributed by atoms with Crippen LogP contribution in [0.4, 0.5) is 0 Å². The van der Waals surface area contributed by atoms with Gasteiger partial charge in [0.2, 0.25) is 0 Å². The number of aliphatic hydroxyl groups is 4. The van der Waals surface area contributed by atoms with Crippen molar-refractivity contribution in [2.24, 2.45) is 5.41 Å². The summed E-state index contributed by atoms with van der Waals surface area (Å²) in [6.45, 7) is 17.1. The molecule has 0 aliphatic heterocycles. The number of aliphatic hydroxyl groups excluding tert-OH is 4. The maximum Gasteiger partial charge on any atom is 0.332 e. The highest BCUT2D eigenvalue weighted by Gasteiger charge is 2.51. The van der Waals surface area contributed by atoms with Crippen LogP contribution in [-0.2, 0) is 4.79 Å². The van der Waals surface area contributed by atoms with Gasteiger partial charge in [-0.1, -0.05) is 261 Å². The molecule has 0 aliphatic carbocycles. The van der Waals surface area contributed by atoms with Crippen LogP contribution in [0.3, 0.4) is 0 Å². The zero-order valence-electron chi connectivity index (χ0n) is 44.9. The second kappa shape index (κ2) is 49.3. The lowest BCUT2D eigenvalue weighted by Gasteiger charge is -2.41. The smallest absolute Gasteiger partial charge is 0.332 e. The van der Waals surface area contributed by atoms with Crippen molar-refractivity contribution < 1.29 is 30.3 Å². The van der Waals surface area contributed by atoms with Crippen molar-refractivity contribution in [1.29, 1.82) is 0 Å². The summed E-state index contributed by atoms with van der Waals surface area (Å²) in [5.41, 5.74) is -1.11. The van der Waals surface area contributed by atoms with Crippen LogP contribution in [0.25, 0.3) is 0 Å². The molecule has 0 heterocycles. The molecular formula is C56H114O6S4. The highest BCUT2D eigenvalue weighted by atomic mass is 32.2. The standard InChI is InChI=1S/C51H102O2S4.C5H12O4/c1-9-13-17-21-25-29-33-37-41-45(5)54-50(55-46(6)42-38-34-30-26-22-18-14-10-2)51(49(52)53,56-47(7)43-39-35-31-27-23-19-15-11-3)57-48(8)44-40-36-32-28-24-20-16-12-4;6-1-5(2-7,3-8)4-9/h45-48,50H,9-44H2,1-8H3,(H,52,53);6-9H,1-4H2. The van der Waals surface area contributed by atoms with Gasteiger partial charge in [-0.15, -0.1) is 47.0 Å². The van der Waals surface area contributed by atoms with Crippen molar-refractivity contribution in [3.8, 4) is 0 Å². The van der Waals surface area contributed by atoms with E-state index in [2.05, 4.69) is 55.4 Å². The first-order chi connectivity index (χ1) is 31.9. The Kier molecular flexibility index (Phi) is 51.4. The fourth-order valence-electron chi connectivity index (χ4n) is 8.39. The third kappa shape index (κ3) is 38.4. The minimum Gasteiger partial charge on any atom is -0.480 e. The maximum absolute atomic E-state index is 14.0. The molecule has 0 saturated carbocycles. The molecule has 10 heteroatoms. The Labute approximate surface area is 428 Å². The predicted octanol–water partition coefficient (Wildman–Crippen LogP) is 17.6. The predicted molar refractivity (Wildman–Crippen MR) is 302 cm³/mol. The van der Waals surface area contributed by atoms with Crippen LogP contribution < -0.4 is 0 Å². The lowest BCUT2D eigenvalue weighted by molar-refractivity contribution is -0.137.